The second-order valence-corrected chi connectivity index (χ2v) is 5.82. The van der Waals surface area contributed by atoms with E-state index in [1.165, 1.54) is 0 Å². The average molecular weight is 288 g/mol. The largest absolute Gasteiger partial charge is 0.389 e. The highest BCUT2D eigenvalue weighted by atomic mass is 32.2. The number of aliphatic hydroxyl groups excluding tert-OH is 2. The first-order valence-corrected chi connectivity index (χ1v) is 6.80. The van der Waals surface area contributed by atoms with Gasteiger partial charge >= 0.3 is 6.18 Å². The van der Waals surface area contributed by atoms with E-state index < -0.39 is 24.4 Å². The number of rotatable bonds is 5. The highest BCUT2D eigenvalue weighted by Gasteiger charge is 2.39. The predicted octanol–water partition coefficient (Wildman–Crippen LogP) is 1.63. The van der Waals surface area contributed by atoms with E-state index >= 15 is 0 Å². The summed E-state index contributed by atoms with van der Waals surface area (Å²) in [6.07, 6.45) is -4.89. The summed E-state index contributed by atoms with van der Waals surface area (Å²) < 4.78 is 36.4. The summed E-state index contributed by atoms with van der Waals surface area (Å²) in [5.41, 5.74) is -0.995. The highest BCUT2D eigenvalue weighted by Crippen LogP contribution is 2.37. The minimum atomic E-state index is -4.14. The van der Waals surface area contributed by atoms with Gasteiger partial charge in [0.1, 0.15) is 6.23 Å². The molecule has 0 bridgehead atoms. The van der Waals surface area contributed by atoms with Crippen LogP contribution < -0.4 is 5.84 Å². The fraction of sp³-hybridized carbons (Fsp3) is 1.00. The van der Waals surface area contributed by atoms with Crippen LogP contribution in [0, 0.1) is 5.92 Å². The maximum absolute atomic E-state index is 12.1. The van der Waals surface area contributed by atoms with Crippen molar-refractivity contribution in [2.24, 2.45) is 11.8 Å². The van der Waals surface area contributed by atoms with Gasteiger partial charge in [-0.25, -0.2) is 0 Å². The number of hydrogen-bond donors (Lipinski definition) is 3. The molecule has 0 aliphatic carbocycles. The lowest BCUT2D eigenvalue weighted by Gasteiger charge is -2.22. The van der Waals surface area contributed by atoms with Crippen LogP contribution in [0.1, 0.15) is 32.6 Å². The third-order valence-electron chi connectivity index (χ3n) is 3.17. The number of thioether (sulfide) groups is 1. The van der Waals surface area contributed by atoms with Gasteiger partial charge in [-0.05, 0) is 18.8 Å². The first-order chi connectivity index (χ1) is 8.24. The number of alkyl halides is 3. The Morgan fingerprint density at radius 1 is 1.39 bits per heavy atom. The number of nitrogens with zero attached hydrogens (tertiary/aromatic N) is 1. The molecule has 1 fully saturated rings. The molecule has 4 unspecified atom stereocenters. The van der Waals surface area contributed by atoms with Gasteiger partial charge in [-0.15, -0.1) is 11.8 Å². The van der Waals surface area contributed by atoms with E-state index in [-0.39, 0.29) is 17.6 Å². The Morgan fingerprint density at radius 2 is 2.00 bits per heavy atom. The van der Waals surface area contributed by atoms with E-state index in [9.17, 15) is 23.4 Å². The maximum Gasteiger partial charge on any atom is 0.389 e. The monoisotopic (exact) mass is 288 g/mol. The van der Waals surface area contributed by atoms with Gasteiger partial charge in [0.05, 0.1) is 0 Å². The summed E-state index contributed by atoms with van der Waals surface area (Å²) in [6.45, 7) is 1.82. The van der Waals surface area contributed by atoms with Crippen molar-refractivity contribution in [3.05, 3.63) is 0 Å². The van der Waals surface area contributed by atoms with Gasteiger partial charge in [-0.3, -0.25) is 5.84 Å². The highest BCUT2D eigenvalue weighted by molar-refractivity contribution is 8.00. The van der Waals surface area contributed by atoms with Crippen LogP contribution in [0.4, 0.5) is 13.2 Å². The Kier molecular flexibility index (Phi) is 5.72. The zero-order chi connectivity index (χ0) is 13.9. The molecule has 8 heteroatoms. The normalized spacial score (nSPS) is 31.8. The predicted molar refractivity (Wildman–Crippen MR) is 63.1 cm³/mol. The third kappa shape index (κ3) is 4.58. The lowest BCUT2D eigenvalue weighted by Crippen LogP contribution is -2.44. The second kappa shape index (κ2) is 6.42. The van der Waals surface area contributed by atoms with Gasteiger partial charge in [0, 0.05) is 11.7 Å². The molecule has 0 amide bonds. The Bertz CT molecular complexity index is 268. The van der Waals surface area contributed by atoms with Gasteiger partial charge < -0.3 is 10.2 Å². The lowest BCUT2D eigenvalue weighted by atomic mass is 9.94. The lowest BCUT2D eigenvalue weighted by molar-refractivity contribution is -0.137. The average Bonchev–Trinajstić information content (AvgIpc) is 2.51. The van der Waals surface area contributed by atoms with E-state index in [4.69, 9.17) is 5.84 Å². The Morgan fingerprint density at radius 3 is 2.39 bits per heavy atom. The molecule has 0 spiro atoms. The third-order valence-corrected chi connectivity index (χ3v) is 4.44. The smallest absolute Gasteiger partial charge is 0.376 e. The minimum absolute atomic E-state index is 0.0461. The Labute approximate surface area is 108 Å². The quantitative estimate of drug-likeness (QED) is 0.671. The van der Waals surface area contributed by atoms with Crippen molar-refractivity contribution in [2.45, 2.75) is 55.8 Å². The summed E-state index contributed by atoms with van der Waals surface area (Å²) in [5.74, 6) is 5.28. The summed E-state index contributed by atoms with van der Waals surface area (Å²) in [4.78, 5) is 0. The van der Waals surface area contributed by atoms with Crippen LogP contribution in [0.25, 0.3) is 0 Å². The van der Waals surface area contributed by atoms with E-state index in [1.807, 2.05) is 6.92 Å². The molecule has 1 rings (SSSR count). The van der Waals surface area contributed by atoms with Crippen molar-refractivity contribution in [3.8, 4) is 0 Å². The molecule has 0 aromatic heterocycles. The van der Waals surface area contributed by atoms with Crippen molar-refractivity contribution >= 4 is 11.8 Å². The molecule has 0 radical (unpaired) electrons. The number of hydrogen-bond acceptors (Lipinski definition) is 5. The molecule has 4 N–H and O–H groups in total. The summed E-state index contributed by atoms with van der Waals surface area (Å²) in [5, 5.41) is 19.7. The SMILES string of the molecule is CCC(CCC(F)(F)F)CC1SC(O)N(N)C1O. The van der Waals surface area contributed by atoms with Crippen molar-refractivity contribution in [1.29, 1.82) is 0 Å². The zero-order valence-electron chi connectivity index (χ0n) is 10.1. The fourth-order valence-corrected chi connectivity index (χ4v) is 3.22. The van der Waals surface area contributed by atoms with Gasteiger partial charge in [-0.2, -0.15) is 18.2 Å². The standard InChI is InChI=1S/C10H19F3N2O2S/c1-2-6(3-4-10(11,12)13)5-7-8(16)15(14)9(17)18-7/h6-9,16-17H,2-5,14H2,1H3. The van der Waals surface area contributed by atoms with Crippen LogP contribution in [0.15, 0.2) is 0 Å². The number of aliphatic hydroxyl groups is 2. The van der Waals surface area contributed by atoms with Gasteiger partial charge in [0.2, 0.25) is 0 Å². The van der Waals surface area contributed by atoms with Crippen molar-refractivity contribution in [2.75, 3.05) is 0 Å². The number of halogens is 3. The minimum Gasteiger partial charge on any atom is -0.376 e. The van der Waals surface area contributed by atoms with E-state index in [0.29, 0.717) is 12.8 Å². The molecule has 0 saturated carbocycles. The zero-order valence-corrected chi connectivity index (χ0v) is 10.9. The Hall–Kier alpha value is -0.0200. The van der Waals surface area contributed by atoms with Crippen LogP contribution in [-0.2, 0) is 0 Å². The number of nitrogens with two attached hydrogens (primary N) is 1. The summed E-state index contributed by atoms with van der Waals surface area (Å²) >= 11 is 1.08. The van der Waals surface area contributed by atoms with Crippen LogP contribution in [0.2, 0.25) is 0 Å². The topological polar surface area (TPSA) is 69.7 Å². The molecule has 0 aromatic carbocycles. The van der Waals surface area contributed by atoms with Gasteiger partial charge in [-0.1, -0.05) is 13.3 Å². The summed E-state index contributed by atoms with van der Waals surface area (Å²) in [6, 6.07) is 0. The van der Waals surface area contributed by atoms with Crippen LogP contribution in [0.5, 0.6) is 0 Å². The van der Waals surface area contributed by atoms with Crippen LogP contribution in [0.3, 0.4) is 0 Å². The molecule has 108 valence electrons. The van der Waals surface area contributed by atoms with Crippen molar-refractivity contribution in [1.82, 2.24) is 5.01 Å². The van der Waals surface area contributed by atoms with Gasteiger partial charge in [0.25, 0.3) is 0 Å². The molecule has 1 heterocycles. The molecule has 1 aliphatic rings. The first-order valence-electron chi connectivity index (χ1n) is 5.86. The van der Waals surface area contributed by atoms with Crippen LogP contribution >= 0.6 is 11.8 Å². The Balaban J connectivity index is 2.44. The van der Waals surface area contributed by atoms with E-state index in [2.05, 4.69) is 0 Å². The van der Waals surface area contributed by atoms with Gasteiger partial charge in [0.15, 0.2) is 5.56 Å². The molecule has 1 saturated heterocycles. The molecule has 4 atom stereocenters. The molecule has 4 nitrogen and oxygen atoms in total. The van der Waals surface area contributed by atoms with E-state index in [0.717, 1.165) is 16.8 Å². The summed E-state index contributed by atoms with van der Waals surface area (Å²) in [7, 11) is 0. The van der Waals surface area contributed by atoms with Crippen molar-refractivity contribution < 1.29 is 23.4 Å². The van der Waals surface area contributed by atoms with Crippen LogP contribution in [-0.4, -0.2) is 38.4 Å². The first kappa shape index (κ1) is 16.0. The van der Waals surface area contributed by atoms with E-state index in [1.54, 1.807) is 0 Å². The second-order valence-electron chi connectivity index (χ2n) is 4.53. The van der Waals surface area contributed by atoms with Crippen molar-refractivity contribution in [3.63, 3.8) is 0 Å². The molecule has 0 aromatic rings. The number of hydrazine groups is 1. The fourth-order valence-electron chi connectivity index (χ4n) is 1.98. The molecular weight excluding hydrogens is 269 g/mol. The molecule has 1 aliphatic heterocycles. The molecular formula is C10H19F3N2O2S. The maximum atomic E-state index is 12.1. The molecule has 18 heavy (non-hydrogen) atoms.